The Balaban J connectivity index is 2.94. The molecule has 4 nitrogen and oxygen atoms in total. The van der Waals surface area contributed by atoms with Gasteiger partial charge < -0.3 is 9.84 Å². The Morgan fingerprint density at radius 3 is 2.63 bits per heavy atom. The highest BCUT2D eigenvalue weighted by Crippen LogP contribution is 2.29. The van der Waals surface area contributed by atoms with Gasteiger partial charge >= 0.3 is 5.97 Å². The first kappa shape index (κ1) is 15.5. The number of carboxylic acid groups (broad SMARTS) is 1. The monoisotopic (exact) mass is 265 g/mol. The second-order valence-corrected chi connectivity index (χ2v) is 4.51. The van der Waals surface area contributed by atoms with Gasteiger partial charge in [-0.3, -0.25) is 9.69 Å². The van der Waals surface area contributed by atoms with Gasteiger partial charge in [0.05, 0.1) is 13.2 Å². The van der Waals surface area contributed by atoms with Gasteiger partial charge in [-0.1, -0.05) is 25.1 Å². The Labute approximate surface area is 115 Å². The number of carboxylic acids is 1. The molecule has 0 spiro atoms. The van der Waals surface area contributed by atoms with Gasteiger partial charge in [-0.2, -0.15) is 0 Å². The van der Waals surface area contributed by atoms with Crippen molar-refractivity contribution in [1.29, 1.82) is 0 Å². The topological polar surface area (TPSA) is 49.8 Å². The SMILES string of the molecule is CCCN(CC(=O)O)C(C)c1ccccc1OCC. The summed E-state index contributed by atoms with van der Waals surface area (Å²) in [6.45, 7) is 7.44. The Morgan fingerprint density at radius 1 is 1.37 bits per heavy atom. The van der Waals surface area contributed by atoms with Gasteiger partial charge in [-0.15, -0.1) is 0 Å². The Bertz CT molecular complexity index is 406. The summed E-state index contributed by atoms with van der Waals surface area (Å²) in [5.74, 6) is 0.0400. The fraction of sp³-hybridized carbons (Fsp3) is 0.533. The number of rotatable bonds is 8. The molecule has 0 aromatic heterocycles. The van der Waals surface area contributed by atoms with Gasteiger partial charge in [0.2, 0.25) is 0 Å². The maximum absolute atomic E-state index is 11.0. The van der Waals surface area contributed by atoms with Crippen LogP contribution in [0.5, 0.6) is 5.75 Å². The average Bonchev–Trinajstić information content (AvgIpc) is 2.38. The van der Waals surface area contributed by atoms with Crippen molar-refractivity contribution in [2.75, 3.05) is 19.7 Å². The minimum atomic E-state index is -0.797. The van der Waals surface area contributed by atoms with E-state index in [4.69, 9.17) is 9.84 Å². The molecule has 0 aliphatic heterocycles. The highest BCUT2D eigenvalue weighted by Gasteiger charge is 2.20. The van der Waals surface area contributed by atoms with Crippen molar-refractivity contribution in [2.45, 2.75) is 33.2 Å². The first-order valence-corrected chi connectivity index (χ1v) is 6.77. The number of para-hydroxylation sites is 1. The third kappa shape index (κ3) is 4.56. The van der Waals surface area contributed by atoms with Gasteiger partial charge in [0.15, 0.2) is 0 Å². The minimum Gasteiger partial charge on any atom is -0.494 e. The third-order valence-electron chi connectivity index (χ3n) is 3.07. The average molecular weight is 265 g/mol. The van der Waals surface area contributed by atoms with E-state index in [1.807, 2.05) is 43.0 Å². The number of hydrogen-bond acceptors (Lipinski definition) is 3. The maximum atomic E-state index is 11.0. The van der Waals surface area contributed by atoms with Crippen molar-refractivity contribution in [3.8, 4) is 5.75 Å². The van der Waals surface area contributed by atoms with E-state index in [9.17, 15) is 4.79 Å². The Morgan fingerprint density at radius 2 is 2.05 bits per heavy atom. The summed E-state index contributed by atoms with van der Waals surface area (Å²) in [4.78, 5) is 12.9. The van der Waals surface area contributed by atoms with Gasteiger partial charge in [0.25, 0.3) is 0 Å². The van der Waals surface area contributed by atoms with E-state index in [2.05, 4.69) is 6.92 Å². The molecule has 1 atom stereocenters. The van der Waals surface area contributed by atoms with E-state index in [-0.39, 0.29) is 12.6 Å². The van der Waals surface area contributed by atoms with Crippen LogP contribution in [0.25, 0.3) is 0 Å². The summed E-state index contributed by atoms with van der Waals surface area (Å²) < 4.78 is 5.62. The van der Waals surface area contributed by atoms with Crippen molar-refractivity contribution >= 4 is 5.97 Å². The number of carbonyl (C=O) groups is 1. The molecule has 4 heteroatoms. The molecule has 1 aromatic rings. The first-order valence-electron chi connectivity index (χ1n) is 6.77. The third-order valence-corrected chi connectivity index (χ3v) is 3.07. The van der Waals surface area contributed by atoms with Crippen LogP contribution in [-0.4, -0.2) is 35.7 Å². The highest BCUT2D eigenvalue weighted by atomic mass is 16.5. The molecule has 0 aliphatic rings. The fourth-order valence-electron chi connectivity index (χ4n) is 2.18. The van der Waals surface area contributed by atoms with Gasteiger partial charge in [0, 0.05) is 11.6 Å². The predicted molar refractivity (Wildman–Crippen MR) is 75.5 cm³/mol. The van der Waals surface area contributed by atoms with Crippen molar-refractivity contribution in [3.05, 3.63) is 29.8 Å². The number of ether oxygens (including phenoxy) is 1. The molecule has 19 heavy (non-hydrogen) atoms. The lowest BCUT2D eigenvalue weighted by Gasteiger charge is -2.28. The lowest BCUT2D eigenvalue weighted by Crippen LogP contribution is -2.33. The maximum Gasteiger partial charge on any atom is 0.317 e. The second kappa shape index (κ2) is 7.79. The smallest absolute Gasteiger partial charge is 0.317 e. The molecule has 0 amide bonds. The summed E-state index contributed by atoms with van der Waals surface area (Å²) in [6.07, 6.45) is 0.925. The molecule has 0 saturated carbocycles. The summed E-state index contributed by atoms with van der Waals surface area (Å²) in [7, 11) is 0. The zero-order valence-electron chi connectivity index (χ0n) is 11.9. The summed E-state index contributed by atoms with van der Waals surface area (Å²) in [5, 5.41) is 9.01. The molecule has 0 aliphatic carbocycles. The number of aliphatic carboxylic acids is 1. The largest absolute Gasteiger partial charge is 0.494 e. The van der Waals surface area contributed by atoms with E-state index in [1.165, 1.54) is 0 Å². The Hall–Kier alpha value is -1.55. The van der Waals surface area contributed by atoms with Crippen LogP contribution in [0.4, 0.5) is 0 Å². The molecule has 1 aromatic carbocycles. The van der Waals surface area contributed by atoms with Crippen LogP contribution in [0.2, 0.25) is 0 Å². The lowest BCUT2D eigenvalue weighted by molar-refractivity contribution is -0.138. The van der Waals surface area contributed by atoms with E-state index in [0.717, 1.165) is 24.3 Å². The Kier molecular flexibility index (Phi) is 6.36. The van der Waals surface area contributed by atoms with E-state index >= 15 is 0 Å². The van der Waals surface area contributed by atoms with Crippen LogP contribution < -0.4 is 4.74 Å². The van der Waals surface area contributed by atoms with Crippen LogP contribution in [0.15, 0.2) is 24.3 Å². The molecule has 0 heterocycles. The second-order valence-electron chi connectivity index (χ2n) is 4.51. The van der Waals surface area contributed by atoms with E-state index < -0.39 is 5.97 Å². The van der Waals surface area contributed by atoms with Crippen molar-refractivity contribution in [3.63, 3.8) is 0 Å². The molecule has 0 bridgehead atoms. The quantitative estimate of drug-likeness (QED) is 0.785. The van der Waals surface area contributed by atoms with Crippen molar-refractivity contribution in [1.82, 2.24) is 4.90 Å². The van der Waals surface area contributed by atoms with Crippen molar-refractivity contribution < 1.29 is 14.6 Å². The van der Waals surface area contributed by atoms with Crippen LogP contribution in [0, 0.1) is 0 Å². The lowest BCUT2D eigenvalue weighted by atomic mass is 10.1. The van der Waals surface area contributed by atoms with Crippen LogP contribution in [-0.2, 0) is 4.79 Å². The molecule has 0 saturated heterocycles. The highest BCUT2D eigenvalue weighted by molar-refractivity contribution is 5.69. The van der Waals surface area contributed by atoms with Crippen molar-refractivity contribution in [2.24, 2.45) is 0 Å². The molecule has 1 N–H and O–H groups in total. The molecule has 1 rings (SSSR count). The number of benzene rings is 1. The zero-order valence-corrected chi connectivity index (χ0v) is 11.9. The fourth-order valence-corrected chi connectivity index (χ4v) is 2.18. The van der Waals surface area contributed by atoms with Gasteiger partial charge in [-0.05, 0) is 32.9 Å². The van der Waals surface area contributed by atoms with Gasteiger partial charge in [0.1, 0.15) is 5.75 Å². The normalized spacial score (nSPS) is 12.4. The summed E-state index contributed by atoms with van der Waals surface area (Å²) in [5.41, 5.74) is 1.04. The molecule has 0 radical (unpaired) electrons. The van der Waals surface area contributed by atoms with Crippen LogP contribution in [0.3, 0.4) is 0 Å². The minimum absolute atomic E-state index is 0.0267. The molecule has 0 fully saturated rings. The summed E-state index contributed by atoms with van der Waals surface area (Å²) >= 11 is 0. The standard InChI is InChI=1S/C15H23NO3/c1-4-10-16(11-15(17)18)12(3)13-8-6-7-9-14(13)19-5-2/h6-9,12H,4-5,10-11H2,1-3H3,(H,17,18). The number of hydrogen-bond donors (Lipinski definition) is 1. The van der Waals surface area contributed by atoms with Crippen LogP contribution in [0.1, 0.15) is 38.8 Å². The molecular formula is C15H23NO3. The van der Waals surface area contributed by atoms with Gasteiger partial charge in [-0.25, -0.2) is 0 Å². The molecule has 1 unspecified atom stereocenters. The molecular weight excluding hydrogens is 242 g/mol. The van der Waals surface area contributed by atoms with E-state index in [1.54, 1.807) is 0 Å². The predicted octanol–water partition coefficient (Wildman–Crippen LogP) is 2.94. The van der Waals surface area contributed by atoms with E-state index in [0.29, 0.717) is 6.61 Å². The summed E-state index contributed by atoms with van der Waals surface area (Å²) in [6, 6.07) is 7.85. The number of nitrogens with zero attached hydrogens (tertiary/aromatic N) is 1. The zero-order chi connectivity index (χ0) is 14.3. The van der Waals surface area contributed by atoms with Crippen LogP contribution >= 0.6 is 0 Å². The molecule has 106 valence electrons. The first-order chi connectivity index (χ1) is 9.10.